The molecule has 0 unspecified atom stereocenters. The molecule has 2 heterocycles. The number of hydrogen-bond acceptors (Lipinski definition) is 7. The summed E-state index contributed by atoms with van der Waals surface area (Å²) in [6.07, 6.45) is 0. The highest BCUT2D eigenvalue weighted by atomic mass is 35.5. The Morgan fingerprint density at radius 1 is 0.838 bits per heavy atom. The van der Waals surface area contributed by atoms with Crippen LogP contribution in [0.25, 0.3) is 0 Å². The number of anilines is 1. The summed E-state index contributed by atoms with van der Waals surface area (Å²) < 4.78 is 15.9. The van der Waals surface area contributed by atoms with Gasteiger partial charge in [-0.15, -0.1) is 12.4 Å². The molecule has 0 bridgehead atoms. The molecule has 11 heteroatoms. The molecule has 0 aromatic heterocycles. The second-order valence-electron chi connectivity index (χ2n) is 8.64. The number of rotatable bonds is 7. The Bertz CT molecular complexity index is 1100. The van der Waals surface area contributed by atoms with E-state index in [4.69, 9.17) is 14.2 Å². The van der Waals surface area contributed by atoms with Crippen LogP contribution in [0, 0.1) is 0 Å². The molecule has 37 heavy (non-hydrogen) atoms. The number of benzene rings is 2. The van der Waals surface area contributed by atoms with Crippen LogP contribution in [0.4, 0.5) is 5.69 Å². The average Bonchev–Trinajstić information content (AvgIpc) is 2.93. The van der Waals surface area contributed by atoms with Crippen LogP contribution < -0.4 is 14.8 Å². The molecular formula is C26H33ClN4O6. The summed E-state index contributed by atoms with van der Waals surface area (Å²) in [4.78, 5) is 44.2. The van der Waals surface area contributed by atoms with Crippen molar-refractivity contribution in [2.24, 2.45) is 0 Å². The maximum Gasteiger partial charge on any atom is 0.256 e. The number of piperazine rings is 1. The molecule has 2 aliphatic heterocycles. The van der Waals surface area contributed by atoms with E-state index in [1.807, 2.05) is 4.90 Å². The average molecular weight is 533 g/mol. The van der Waals surface area contributed by atoms with Crippen molar-refractivity contribution in [1.82, 2.24) is 14.7 Å². The van der Waals surface area contributed by atoms with Crippen LogP contribution in [0.15, 0.2) is 42.5 Å². The van der Waals surface area contributed by atoms with Gasteiger partial charge < -0.3 is 29.3 Å². The zero-order chi connectivity index (χ0) is 25.5. The van der Waals surface area contributed by atoms with Gasteiger partial charge in [0.05, 0.1) is 45.2 Å². The maximum atomic E-state index is 13.0. The highest BCUT2D eigenvalue weighted by Gasteiger charge is 2.25. The van der Waals surface area contributed by atoms with Gasteiger partial charge in [0.1, 0.15) is 0 Å². The molecule has 2 saturated heterocycles. The predicted octanol–water partition coefficient (Wildman–Crippen LogP) is 1.99. The summed E-state index contributed by atoms with van der Waals surface area (Å²) in [6, 6.07) is 12.2. The van der Waals surface area contributed by atoms with Crippen molar-refractivity contribution in [2.75, 3.05) is 78.6 Å². The van der Waals surface area contributed by atoms with Gasteiger partial charge in [0.15, 0.2) is 11.5 Å². The van der Waals surface area contributed by atoms with Crippen molar-refractivity contribution in [3.63, 3.8) is 0 Å². The monoisotopic (exact) mass is 532 g/mol. The molecule has 0 spiro atoms. The van der Waals surface area contributed by atoms with E-state index in [0.29, 0.717) is 80.8 Å². The Morgan fingerprint density at radius 3 is 2.16 bits per heavy atom. The van der Waals surface area contributed by atoms with Crippen LogP contribution in [-0.2, 0) is 9.53 Å². The molecule has 1 N–H and O–H groups in total. The topological polar surface area (TPSA) is 101 Å². The minimum Gasteiger partial charge on any atom is -0.493 e. The Morgan fingerprint density at radius 2 is 1.49 bits per heavy atom. The normalized spacial score (nSPS) is 15.9. The highest BCUT2D eigenvalue weighted by Crippen LogP contribution is 2.28. The van der Waals surface area contributed by atoms with E-state index >= 15 is 0 Å². The number of carbonyl (C=O) groups is 3. The Labute approximate surface area is 222 Å². The zero-order valence-electron chi connectivity index (χ0n) is 21.1. The minimum atomic E-state index is -0.197. The van der Waals surface area contributed by atoms with Gasteiger partial charge in [0, 0.05) is 44.8 Å². The minimum absolute atomic E-state index is 0. The lowest BCUT2D eigenvalue weighted by atomic mass is 10.1. The summed E-state index contributed by atoms with van der Waals surface area (Å²) in [6.45, 7) is 4.43. The van der Waals surface area contributed by atoms with Crippen LogP contribution >= 0.6 is 12.4 Å². The Kier molecular flexibility index (Phi) is 10.1. The predicted molar refractivity (Wildman–Crippen MR) is 141 cm³/mol. The van der Waals surface area contributed by atoms with E-state index in [1.54, 1.807) is 59.4 Å². The molecule has 4 rings (SSSR count). The number of nitrogens with one attached hydrogen (secondary N) is 1. The van der Waals surface area contributed by atoms with E-state index in [9.17, 15) is 14.4 Å². The number of amides is 3. The third-order valence-electron chi connectivity index (χ3n) is 6.39. The molecule has 3 amide bonds. The van der Waals surface area contributed by atoms with Gasteiger partial charge in [0.25, 0.3) is 11.8 Å². The van der Waals surface area contributed by atoms with Gasteiger partial charge in [-0.1, -0.05) is 12.1 Å². The van der Waals surface area contributed by atoms with E-state index in [0.717, 1.165) is 0 Å². The summed E-state index contributed by atoms with van der Waals surface area (Å²) in [5.74, 6) is 0.674. The lowest BCUT2D eigenvalue weighted by Gasteiger charge is -2.34. The quantitative estimate of drug-likeness (QED) is 0.582. The van der Waals surface area contributed by atoms with Gasteiger partial charge in [-0.05, 0) is 30.3 Å². The van der Waals surface area contributed by atoms with E-state index < -0.39 is 0 Å². The number of ether oxygens (including phenoxy) is 3. The second kappa shape index (κ2) is 13.3. The molecule has 0 saturated carbocycles. The third kappa shape index (κ3) is 6.91. The lowest BCUT2D eigenvalue weighted by Crippen LogP contribution is -2.50. The first-order chi connectivity index (χ1) is 17.5. The number of halogens is 1. The van der Waals surface area contributed by atoms with Crippen LogP contribution in [0.5, 0.6) is 11.5 Å². The smallest absolute Gasteiger partial charge is 0.256 e. The molecule has 0 aliphatic carbocycles. The first-order valence-corrected chi connectivity index (χ1v) is 12.0. The molecule has 0 radical (unpaired) electrons. The van der Waals surface area contributed by atoms with Crippen LogP contribution in [0.1, 0.15) is 20.7 Å². The third-order valence-corrected chi connectivity index (χ3v) is 6.39. The van der Waals surface area contributed by atoms with Gasteiger partial charge in [0.2, 0.25) is 5.91 Å². The first-order valence-electron chi connectivity index (χ1n) is 12.0. The fourth-order valence-corrected chi connectivity index (χ4v) is 4.37. The fourth-order valence-electron chi connectivity index (χ4n) is 4.37. The van der Waals surface area contributed by atoms with Crippen LogP contribution in [0.2, 0.25) is 0 Å². The van der Waals surface area contributed by atoms with Crippen molar-refractivity contribution < 1.29 is 28.6 Å². The van der Waals surface area contributed by atoms with Gasteiger partial charge >= 0.3 is 0 Å². The molecule has 2 aromatic rings. The van der Waals surface area contributed by atoms with Gasteiger partial charge in [-0.2, -0.15) is 0 Å². The number of nitrogens with zero attached hydrogens (tertiary/aromatic N) is 3. The lowest BCUT2D eigenvalue weighted by molar-refractivity contribution is -0.117. The Balaban J connectivity index is 0.00000380. The molecule has 2 fully saturated rings. The van der Waals surface area contributed by atoms with E-state index in [2.05, 4.69) is 5.32 Å². The van der Waals surface area contributed by atoms with Gasteiger partial charge in [-0.3, -0.25) is 19.3 Å². The zero-order valence-corrected chi connectivity index (χ0v) is 21.9. The van der Waals surface area contributed by atoms with Gasteiger partial charge in [-0.25, -0.2) is 0 Å². The standard InChI is InChI=1S/C26H32N4O6.ClH/c1-34-22-8-7-19(17-23(22)35-2)25(32)29-11-9-28(10-12-29)18-24(31)27-21-6-4-3-5-20(21)26(33)30-13-15-36-16-14-30;/h3-8,17H,9-16,18H2,1-2H3,(H,27,31);1H. The molecule has 200 valence electrons. The molecular weight excluding hydrogens is 500 g/mol. The number of methoxy groups -OCH3 is 2. The van der Waals surface area contributed by atoms with Crippen molar-refractivity contribution >= 4 is 35.8 Å². The second-order valence-corrected chi connectivity index (χ2v) is 8.64. The maximum absolute atomic E-state index is 13.0. The van der Waals surface area contributed by atoms with Crippen molar-refractivity contribution in [3.8, 4) is 11.5 Å². The number of hydrogen-bond donors (Lipinski definition) is 1. The summed E-state index contributed by atoms with van der Waals surface area (Å²) in [5.41, 5.74) is 1.50. The summed E-state index contributed by atoms with van der Waals surface area (Å²) in [7, 11) is 3.09. The van der Waals surface area contributed by atoms with Crippen molar-refractivity contribution in [1.29, 1.82) is 0 Å². The summed E-state index contributed by atoms with van der Waals surface area (Å²) >= 11 is 0. The SMILES string of the molecule is COc1ccc(C(=O)N2CCN(CC(=O)Nc3ccccc3C(=O)N3CCOCC3)CC2)cc1OC.Cl. The van der Waals surface area contributed by atoms with Crippen LogP contribution in [0.3, 0.4) is 0 Å². The van der Waals surface area contributed by atoms with E-state index in [1.165, 1.54) is 7.11 Å². The highest BCUT2D eigenvalue weighted by molar-refractivity contribution is 6.04. The molecule has 0 atom stereocenters. The fraction of sp³-hybridized carbons (Fsp3) is 0.423. The number of para-hydroxylation sites is 1. The summed E-state index contributed by atoms with van der Waals surface area (Å²) in [5, 5.41) is 2.90. The van der Waals surface area contributed by atoms with Crippen molar-refractivity contribution in [2.45, 2.75) is 0 Å². The Hall–Kier alpha value is -3.34. The van der Waals surface area contributed by atoms with E-state index in [-0.39, 0.29) is 36.7 Å². The molecule has 2 aromatic carbocycles. The molecule has 10 nitrogen and oxygen atoms in total. The largest absolute Gasteiger partial charge is 0.493 e. The van der Waals surface area contributed by atoms with Crippen molar-refractivity contribution in [3.05, 3.63) is 53.6 Å². The first kappa shape index (κ1) is 28.2. The number of carbonyl (C=O) groups excluding carboxylic acids is 3. The van der Waals surface area contributed by atoms with Crippen LogP contribution in [-0.4, -0.2) is 106 Å². The number of morpholine rings is 1. The molecule has 2 aliphatic rings.